The third kappa shape index (κ3) is 5.55. The van der Waals surface area contributed by atoms with Gasteiger partial charge in [0.05, 0.1) is 22.3 Å². The highest BCUT2D eigenvalue weighted by Crippen LogP contribution is 2.18. The highest BCUT2D eigenvalue weighted by Gasteiger charge is 2.16. The van der Waals surface area contributed by atoms with E-state index in [4.69, 9.17) is 0 Å². The van der Waals surface area contributed by atoms with Gasteiger partial charge in [0.2, 0.25) is 10.0 Å². The van der Waals surface area contributed by atoms with E-state index in [1.807, 2.05) is 4.57 Å². The largest absolute Gasteiger partial charge is 0.336 e. The van der Waals surface area contributed by atoms with E-state index in [1.165, 1.54) is 24.3 Å². The number of urea groups is 1. The second-order valence-electron chi connectivity index (χ2n) is 7.10. The standard InChI is InChI=1S/C20H24FN5O3S/c1-14(2)25-30(28,29)17-7-8-19-18(11-17)24-13-26(19)10-9-22-20(27)23-12-15-3-5-16(21)6-4-15/h3-8,11,13-14,25H,9-10,12H2,1-2H3,(H2,22,23,27). The zero-order valence-corrected chi connectivity index (χ0v) is 17.5. The summed E-state index contributed by atoms with van der Waals surface area (Å²) in [4.78, 5) is 16.3. The van der Waals surface area contributed by atoms with Crippen molar-refractivity contribution < 1.29 is 17.6 Å². The lowest BCUT2D eigenvalue weighted by Crippen LogP contribution is -2.36. The summed E-state index contributed by atoms with van der Waals surface area (Å²) in [5.41, 5.74) is 2.12. The summed E-state index contributed by atoms with van der Waals surface area (Å²) >= 11 is 0. The average Bonchev–Trinajstić information content (AvgIpc) is 3.09. The molecule has 1 aromatic heterocycles. The Morgan fingerprint density at radius 3 is 2.57 bits per heavy atom. The number of amides is 2. The van der Waals surface area contributed by atoms with Gasteiger partial charge in [-0.05, 0) is 49.7 Å². The van der Waals surface area contributed by atoms with Gasteiger partial charge < -0.3 is 15.2 Å². The van der Waals surface area contributed by atoms with Crippen molar-refractivity contribution in [2.75, 3.05) is 6.54 Å². The summed E-state index contributed by atoms with van der Waals surface area (Å²) in [6, 6.07) is 10.1. The van der Waals surface area contributed by atoms with E-state index in [1.54, 1.807) is 38.4 Å². The van der Waals surface area contributed by atoms with E-state index in [-0.39, 0.29) is 22.8 Å². The Bertz CT molecular complexity index is 1130. The number of nitrogens with one attached hydrogen (secondary N) is 3. The molecule has 0 fully saturated rings. The number of rotatable bonds is 8. The van der Waals surface area contributed by atoms with E-state index in [9.17, 15) is 17.6 Å². The zero-order valence-electron chi connectivity index (χ0n) is 16.7. The van der Waals surface area contributed by atoms with Crippen LogP contribution in [0.2, 0.25) is 0 Å². The van der Waals surface area contributed by atoms with Gasteiger partial charge in [-0.3, -0.25) is 0 Å². The first kappa shape index (κ1) is 21.7. The highest BCUT2D eigenvalue weighted by molar-refractivity contribution is 7.89. The molecular formula is C20H24FN5O3S. The zero-order chi connectivity index (χ0) is 21.7. The second-order valence-corrected chi connectivity index (χ2v) is 8.81. The van der Waals surface area contributed by atoms with Crippen molar-refractivity contribution >= 4 is 27.1 Å². The number of nitrogens with zero attached hydrogens (tertiary/aromatic N) is 2. The molecule has 0 radical (unpaired) electrons. The van der Waals surface area contributed by atoms with Gasteiger partial charge in [0, 0.05) is 25.7 Å². The number of sulfonamides is 1. The maximum Gasteiger partial charge on any atom is 0.315 e. The Balaban J connectivity index is 1.55. The molecule has 3 rings (SSSR count). The van der Waals surface area contributed by atoms with Gasteiger partial charge in [-0.1, -0.05) is 12.1 Å². The number of carbonyl (C=O) groups is 1. The summed E-state index contributed by atoms with van der Waals surface area (Å²) in [6.45, 7) is 4.63. The number of benzene rings is 2. The number of fused-ring (bicyclic) bond motifs is 1. The van der Waals surface area contributed by atoms with E-state index in [0.29, 0.717) is 25.2 Å². The monoisotopic (exact) mass is 433 g/mol. The van der Waals surface area contributed by atoms with Crippen molar-refractivity contribution in [3.05, 3.63) is 60.2 Å². The van der Waals surface area contributed by atoms with Gasteiger partial charge in [-0.2, -0.15) is 0 Å². The van der Waals surface area contributed by atoms with Crippen molar-refractivity contribution in [3.8, 4) is 0 Å². The third-order valence-electron chi connectivity index (χ3n) is 4.30. The van der Waals surface area contributed by atoms with Crippen LogP contribution in [0.15, 0.2) is 53.7 Å². The first-order chi connectivity index (χ1) is 14.2. The average molecular weight is 434 g/mol. The second kappa shape index (κ2) is 9.23. The fourth-order valence-corrected chi connectivity index (χ4v) is 4.17. The number of imidazole rings is 1. The molecule has 3 N–H and O–H groups in total. The molecule has 160 valence electrons. The SMILES string of the molecule is CC(C)NS(=O)(=O)c1ccc2c(c1)ncn2CCNC(=O)NCc1ccc(F)cc1. The minimum atomic E-state index is -3.59. The molecule has 0 saturated heterocycles. The highest BCUT2D eigenvalue weighted by atomic mass is 32.2. The molecule has 1 heterocycles. The summed E-state index contributed by atoms with van der Waals surface area (Å²) in [7, 11) is -3.59. The molecule has 0 aliphatic rings. The van der Waals surface area contributed by atoms with Crippen LogP contribution in [-0.2, 0) is 23.1 Å². The molecule has 8 nitrogen and oxygen atoms in total. The maximum atomic E-state index is 12.9. The van der Waals surface area contributed by atoms with Gasteiger partial charge in [-0.25, -0.2) is 27.3 Å². The van der Waals surface area contributed by atoms with Gasteiger partial charge in [0.1, 0.15) is 5.82 Å². The van der Waals surface area contributed by atoms with Gasteiger partial charge in [0.25, 0.3) is 0 Å². The van der Waals surface area contributed by atoms with Crippen LogP contribution in [0.5, 0.6) is 0 Å². The fourth-order valence-electron chi connectivity index (χ4n) is 2.90. The molecule has 0 unspecified atom stereocenters. The fraction of sp³-hybridized carbons (Fsp3) is 0.300. The van der Waals surface area contributed by atoms with Crippen molar-refractivity contribution in [1.82, 2.24) is 24.9 Å². The quantitative estimate of drug-likeness (QED) is 0.507. The Kier molecular flexibility index (Phi) is 6.68. The Labute approximate surface area is 174 Å². The van der Waals surface area contributed by atoms with Crippen LogP contribution in [0.4, 0.5) is 9.18 Å². The minimum Gasteiger partial charge on any atom is -0.336 e. The number of hydrogen-bond acceptors (Lipinski definition) is 4. The van der Waals surface area contributed by atoms with Crippen LogP contribution < -0.4 is 15.4 Å². The predicted molar refractivity (Wildman–Crippen MR) is 112 cm³/mol. The smallest absolute Gasteiger partial charge is 0.315 e. The van der Waals surface area contributed by atoms with E-state index in [0.717, 1.165) is 11.1 Å². The number of carbonyl (C=O) groups excluding carboxylic acids is 1. The summed E-state index contributed by atoms with van der Waals surface area (Å²) in [5.74, 6) is -0.323. The minimum absolute atomic E-state index is 0.159. The molecule has 2 amide bonds. The summed E-state index contributed by atoms with van der Waals surface area (Å²) < 4.78 is 41.9. The molecule has 10 heteroatoms. The lowest BCUT2D eigenvalue weighted by Gasteiger charge is -2.10. The third-order valence-corrected chi connectivity index (χ3v) is 5.95. The molecule has 0 bridgehead atoms. The molecule has 0 atom stereocenters. The Morgan fingerprint density at radius 2 is 1.87 bits per heavy atom. The summed E-state index contributed by atoms with van der Waals surface area (Å²) in [5, 5.41) is 5.45. The van der Waals surface area contributed by atoms with E-state index < -0.39 is 10.0 Å². The van der Waals surface area contributed by atoms with Crippen LogP contribution in [0.3, 0.4) is 0 Å². The van der Waals surface area contributed by atoms with Crippen LogP contribution in [0.1, 0.15) is 19.4 Å². The van der Waals surface area contributed by atoms with E-state index in [2.05, 4.69) is 20.3 Å². The van der Waals surface area contributed by atoms with Crippen molar-refractivity contribution in [2.45, 2.75) is 37.9 Å². The number of halogens is 1. The van der Waals surface area contributed by atoms with Gasteiger partial charge in [0.15, 0.2) is 0 Å². The molecule has 0 aliphatic heterocycles. The first-order valence-electron chi connectivity index (χ1n) is 9.48. The topological polar surface area (TPSA) is 105 Å². The summed E-state index contributed by atoms with van der Waals surface area (Å²) in [6.07, 6.45) is 1.61. The van der Waals surface area contributed by atoms with Gasteiger partial charge >= 0.3 is 6.03 Å². The molecule has 30 heavy (non-hydrogen) atoms. The Morgan fingerprint density at radius 1 is 1.13 bits per heavy atom. The predicted octanol–water partition coefficient (Wildman–Crippen LogP) is 2.36. The lowest BCUT2D eigenvalue weighted by atomic mass is 10.2. The van der Waals surface area contributed by atoms with Crippen LogP contribution >= 0.6 is 0 Å². The Hall–Kier alpha value is -2.98. The van der Waals surface area contributed by atoms with Crippen LogP contribution in [0.25, 0.3) is 11.0 Å². The molecule has 0 saturated carbocycles. The van der Waals surface area contributed by atoms with Crippen molar-refractivity contribution in [3.63, 3.8) is 0 Å². The molecule has 0 spiro atoms. The number of aromatic nitrogens is 2. The molecular weight excluding hydrogens is 409 g/mol. The maximum absolute atomic E-state index is 12.9. The lowest BCUT2D eigenvalue weighted by molar-refractivity contribution is 0.240. The number of hydrogen-bond donors (Lipinski definition) is 3. The van der Waals surface area contributed by atoms with E-state index >= 15 is 0 Å². The normalized spacial score (nSPS) is 11.7. The molecule has 3 aromatic rings. The van der Waals surface area contributed by atoms with Crippen LogP contribution in [-0.4, -0.2) is 36.6 Å². The van der Waals surface area contributed by atoms with Crippen molar-refractivity contribution in [2.24, 2.45) is 0 Å². The van der Waals surface area contributed by atoms with Gasteiger partial charge in [-0.15, -0.1) is 0 Å². The first-order valence-corrected chi connectivity index (χ1v) is 11.0. The van der Waals surface area contributed by atoms with Crippen LogP contribution in [0, 0.1) is 5.82 Å². The van der Waals surface area contributed by atoms with Crippen molar-refractivity contribution in [1.29, 1.82) is 0 Å². The molecule has 2 aromatic carbocycles. The molecule has 0 aliphatic carbocycles.